The van der Waals surface area contributed by atoms with Gasteiger partial charge in [0.15, 0.2) is 0 Å². The average Bonchev–Trinajstić information content (AvgIpc) is 2.99. The first-order valence-electron chi connectivity index (χ1n) is 7.58. The van der Waals surface area contributed by atoms with Crippen LogP contribution in [0, 0.1) is 20.8 Å². The monoisotopic (exact) mass is 304 g/mol. The van der Waals surface area contributed by atoms with E-state index >= 15 is 0 Å². The number of furan rings is 1. The highest BCUT2D eigenvalue weighted by Gasteiger charge is 2.17. The third-order valence-corrected chi connectivity index (χ3v) is 4.60. The van der Waals surface area contributed by atoms with Crippen LogP contribution in [0.1, 0.15) is 16.7 Å². The Kier molecular flexibility index (Phi) is 2.91. The lowest BCUT2D eigenvalue weighted by molar-refractivity contribution is 0.549. The molecule has 114 valence electrons. The number of aryl methyl sites for hydroxylation is 2. The fourth-order valence-electron chi connectivity index (χ4n) is 3.09. The Morgan fingerprint density at radius 1 is 0.826 bits per heavy atom. The molecule has 0 bridgehead atoms. The van der Waals surface area contributed by atoms with Crippen LogP contribution in [-0.4, -0.2) is 0 Å². The second-order valence-corrected chi connectivity index (χ2v) is 5.91. The van der Waals surface area contributed by atoms with Gasteiger partial charge in [0.1, 0.15) is 11.2 Å². The summed E-state index contributed by atoms with van der Waals surface area (Å²) in [5.41, 5.74) is 5.72. The minimum atomic E-state index is -0.285. The highest BCUT2D eigenvalue weighted by atomic mass is 16.4. The minimum Gasteiger partial charge on any atom is -0.463 e. The lowest BCUT2D eigenvalue weighted by Crippen LogP contribution is -2.06. The van der Waals surface area contributed by atoms with E-state index < -0.39 is 0 Å². The molecule has 0 spiro atoms. The molecule has 0 amide bonds. The molecule has 3 heteroatoms. The predicted molar refractivity (Wildman–Crippen MR) is 91.9 cm³/mol. The molecule has 0 radical (unpaired) electrons. The zero-order chi connectivity index (χ0) is 16.1. The molecule has 4 rings (SSSR count). The van der Waals surface area contributed by atoms with E-state index in [1.165, 1.54) is 0 Å². The lowest BCUT2D eigenvalue weighted by Gasteiger charge is -2.07. The number of hydrogen-bond donors (Lipinski definition) is 0. The molecule has 0 atom stereocenters. The van der Waals surface area contributed by atoms with Crippen LogP contribution in [0.4, 0.5) is 0 Å². The van der Waals surface area contributed by atoms with Gasteiger partial charge in [0, 0.05) is 27.5 Å². The lowest BCUT2D eigenvalue weighted by atomic mass is 9.98. The van der Waals surface area contributed by atoms with Gasteiger partial charge in [-0.1, -0.05) is 30.3 Å². The van der Waals surface area contributed by atoms with Gasteiger partial charge in [-0.25, -0.2) is 4.79 Å². The van der Waals surface area contributed by atoms with Crippen LogP contribution < -0.4 is 5.63 Å². The molecule has 4 aromatic rings. The van der Waals surface area contributed by atoms with Gasteiger partial charge in [-0.2, -0.15) is 0 Å². The van der Waals surface area contributed by atoms with E-state index in [0.717, 1.165) is 38.6 Å². The fraction of sp³-hybridized carbons (Fsp3) is 0.150. The van der Waals surface area contributed by atoms with Crippen LogP contribution in [0.2, 0.25) is 0 Å². The second-order valence-electron chi connectivity index (χ2n) is 5.91. The van der Waals surface area contributed by atoms with Gasteiger partial charge in [-0.05, 0) is 38.0 Å². The largest absolute Gasteiger partial charge is 0.463 e. The SMILES string of the molecule is Cc1c(C)c2cc3c(-c4ccccc4)coc3c(C)c2oc1=O. The number of benzene rings is 2. The van der Waals surface area contributed by atoms with E-state index in [1.54, 1.807) is 13.2 Å². The molecule has 0 unspecified atom stereocenters. The fourth-order valence-corrected chi connectivity index (χ4v) is 3.09. The van der Waals surface area contributed by atoms with Crippen molar-refractivity contribution in [2.45, 2.75) is 20.8 Å². The normalized spacial score (nSPS) is 11.4. The van der Waals surface area contributed by atoms with Crippen LogP contribution in [0.5, 0.6) is 0 Å². The van der Waals surface area contributed by atoms with Crippen LogP contribution in [0.15, 0.2) is 56.3 Å². The molecule has 2 heterocycles. The first kappa shape index (κ1) is 13.8. The summed E-state index contributed by atoms with van der Waals surface area (Å²) in [4.78, 5) is 12.0. The van der Waals surface area contributed by atoms with E-state index in [1.807, 2.05) is 32.0 Å². The smallest absolute Gasteiger partial charge is 0.339 e. The van der Waals surface area contributed by atoms with E-state index in [2.05, 4.69) is 18.2 Å². The molecule has 2 aromatic heterocycles. The Balaban J connectivity index is 2.16. The molecule has 0 aliphatic carbocycles. The van der Waals surface area contributed by atoms with Gasteiger partial charge < -0.3 is 8.83 Å². The zero-order valence-corrected chi connectivity index (χ0v) is 13.3. The standard InChI is InChI=1S/C20H16O3/c1-11-12(2)20(21)23-19-13(3)18-16(9-15(11)19)17(10-22-18)14-7-5-4-6-8-14/h4-10H,1-3H3. The Morgan fingerprint density at radius 2 is 1.57 bits per heavy atom. The van der Waals surface area contributed by atoms with Crippen molar-refractivity contribution in [3.8, 4) is 11.1 Å². The van der Waals surface area contributed by atoms with E-state index in [-0.39, 0.29) is 5.63 Å². The second kappa shape index (κ2) is 4.85. The maximum Gasteiger partial charge on any atom is 0.339 e. The summed E-state index contributed by atoms with van der Waals surface area (Å²) in [6, 6.07) is 12.2. The van der Waals surface area contributed by atoms with Crippen LogP contribution in [-0.2, 0) is 0 Å². The molecule has 0 saturated heterocycles. The Morgan fingerprint density at radius 3 is 2.30 bits per heavy atom. The molecule has 3 nitrogen and oxygen atoms in total. The van der Waals surface area contributed by atoms with Crippen molar-refractivity contribution >= 4 is 21.9 Å². The van der Waals surface area contributed by atoms with Gasteiger partial charge >= 0.3 is 5.63 Å². The first-order valence-corrected chi connectivity index (χ1v) is 7.58. The molecule has 0 aliphatic heterocycles. The minimum absolute atomic E-state index is 0.285. The molecule has 0 saturated carbocycles. The Bertz CT molecular complexity index is 1100. The van der Waals surface area contributed by atoms with Crippen molar-refractivity contribution in [1.82, 2.24) is 0 Å². The summed E-state index contributed by atoms with van der Waals surface area (Å²) < 4.78 is 11.3. The zero-order valence-electron chi connectivity index (χ0n) is 13.3. The number of fused-ring (bicyclic) bond motifs is 2. The maximum atomic E-state index is 12.0. The van der Waals surface area contributed by atoms with E-state index in [0.29, 0.717) is 11.1 Å². The number of hydrogen-bond acceptors (Lipinski definition) is 3. The maximum absolute atomic E-state index is 12.0. The predicted octanol–water partition coefficient (Wildman–Crippen LogP) is 5.13. The van der Waals surface area contributed by atoms with Gasteiger partial charge in [0.2, 0.25) is 0 Å². The van der Waals surface area contributed by atoms with Crippen molar-refractivity contribution in [3.05, 3.63) is 69.8 Å². The van der Waals surface area contributed by atoms with Crippen LogP contribution >= 0.6 is 0 Å². The van der Waals surface area contributed by atoms with Crippen molar-refractivity contribution in [2.24, 2.45) is 0 Å². The van der Waals surface area contributed by atoms with Crippen LogP contribution in [0.25, 0.3) is 33.1 Å². The van der Waals surface area contributed by atoms with Crippen molar-refractivity contribution in [2.75, 3.05) is 0 Å². The Labute approximate surface area is 133 Å². The molecule has 2 aromatic carbocycles. The van der Waals surface area contributed by atoms with Crippen molar-refractivity contribution in [1.29, 1.82) is 0 Å². The summed E-state index contributed by atoms with van der Waals surface area (Å²) in [5, 5.41) is 2.00. The molecule has 23 heavy (non-hydrogen) atoms. The number of rotatable bonds is 1. The topological polar surface area (TPSA) is 43.4 Å². The van der Waals surface area contributed by atoms with Gasteiger partial charge in [0.05, 0.1) is 6.26 Å². The highest BCUT2D eigenvalue weighted by molar-refractivity contribution is 6.04. The molecule has 0 aliphatic rings. The summed E-state index contributed by atoms with van der Waals surface area (Å²) >= 11 is 0. The summed E-state index contributed by atoms with van der Waals surface area (Å²) in [6.07, 6.45) is 1.77. The average molecular weight is 304 g/mol. The van der Waals surface area contributed by atoms with E-state index in [4.69, 9.17) is 8.83 Å². The van der Waals surface area contributed by atoms with Gasteiger partial charge in [-0.3, -0.25) is 0 Å². The Hall–Kier alpha value is -2.81. The van der Waals surface area contributed by atoms with Gasteiger partial charge in [0.25, 0.3) is 0 Å². The first-order chi connectivity index (χ1) is 11.1. The van der Waals surface area contributed by atoms with E-state index in [9.17, 15) is 4.79 Å². The van der Waals surface area contributed by atoms with Gasteiger partial charge in [-0.15, -0.1) is 0 Å². The van der Waals surface area contributed by atoms with Crippen LogP contribution in [0.3, 0.4) is 0 Å². The summed E-state index contributed by atoms with van der Waals surface area (Å²) in [7, 11) is 0. The quantitative estimate of drug-likeness (QED) is 0.458. The van der Waals surface area contributed by atoms with Crippen molar-refractivity contribution < 1.29 is 8.83 Å². The third kappa shape index (κ3) is 1.93. The molecule has 0 N–H and O–H groups in total. The van der Waals surface area contributed by atoms with Crippen molar-refractivity contribution in [3.63, 3.8) is 0 Å². The summed E-state index contributed by atoms with van der Waals surface area (Å²) in [6.45, 7) is 5.69. The molecular formula is C20H16O3. The highest BCUT2D eigenvalue weighted by Crippen LogP contribution is 2.36. The third-order valence-electron chi connectivity index (χ3n) is 4.60. The molecule has 0 fully saturated rings. The molecular weight excluding hydrogens is 288 g/mol. The summed E-state index contributed by atoms with van der Waals surface area (Å²) in [5.74, 6) is 0.